The molecule has 0 aliphatic heterocycles. The van der Waals surface area contributed by atoms with Gasteiger partial charge < -0.3 is 5.32 Å². The molecule has 2 aromatic heterocycles. The van der Waals surface area contributed by atoms with Gasteiger partial charge in [0.05, 0.1) is 6.04 Å². The molecule has 1 N–H and O–H groups in total. The topological polar surface area (TPSA) is 68.4 Å². The van der Waals surface area contributed by atoms with Crippen LogP contribution >= 0.6 is 11.6 Å². The predicted octanol–water partition coefficient (Wildman–Crippen LogP) is 2.42. The molecule has 0 unspecified atom stereocenters. The molecule has 24 heavy (non-hydrogen) atoms. The summed E-state index contributed by atoms with van der Waals surface area (Å²) < 4.78 is 2.57. The quantitative estimate of drug-likeness (QED) is 0.772. The van der Waals surface area contributed by atoms with Crippen molar-refractivity contribution in [1.82, 2.24) is 19.5 Å². The molecule has 7 heteroatoms. The fourth-order valence-corrected chi connectivity index (χ4v) is 2.69. The summed E-state index contributed by atoms with van der Waals surface area (Å²) in [6.45, 7) is 1.86. The molecule has 124 valence electrons. The standard InChI is InChI=1S/C17H17ClN4O2/c1-2-14(12-6-8-13(18)9-7-12)19-16(23)11-22-17(24)21-10-4-3-5-15(21)20-22/h3-10,14H,2,11H2,1H3,(H,19,23)/t14-/m1/s1. The highest BCUT2D eigenvalue weighted by atomic mass is 35.5. The Labute approximate surface area is 143 Å². The molecular weight excluding hydrogens is 328 g/mol. The number of carbonyl (C=O) groups excluding carboxylic acids is 1. The Bertz CT molecular complexity index is 914. The lowest BCUT2D eigenvalue weighted by Gasteiger charge is -2.17. The maximum absolute atomic E-state index is 12.3. The molecule has 6 nitrogen and oxygen atoms in total. The average Bonchev–Trinajstić information content (AvgIpc) is 2.90. The van der Waals surface area contributed by atoms with Crippen LogP contribution in [0.5, 0.6) is 0 Å². The van der Waals surface area contributed by atoms with Crippen molar-refractivity contribution in [3.05, 3.63) is 69.7 Å². The van der Waals surface area contributed by atoms with E-state index in [1.54, 1.807) is 36.5 Å². The van der Waals surface area contributed by atoms with Crippen molar-refractivity contribution in [3.8, 4) is 0 Å². The van der Waals surface area contributed by atoms with Gasteiger partial charge in [-0.3, -0.25) is 9.20 Å². The van der Waals surface area contributed by atoms with Crippen LogP contribution < -0.4 is 11.0 Å². The molecule has 0 fully saturated rings. The summed E-state index contributed by atoms with van der Waals surface area (Å²) in [5.74, 6) is -0.262. The summed E-state index contributed by atoms with van der Waals surface area (Å²) in [7, 11) is 0. The van der Waals surface area contributed by atoms with Gasteiger partial charge in [0.25, 0.3) is 0 Å². The first kappa shape index (κ1) is 16.3. The molecule has 3 rings (SSSR count). The van der Waals surface area contributed by atoms with E-state index in [-0.39, 0.29) is 24.2 Å². The van der Waals surface area contributed by atoms with Gasteiger partial charge in [-0.05, 0) is 36.2 Å². The smallest absolute Gasteiger partial charge is 0.348 e. The Morgan fingerprint density at radius 1 is 1.25 bits per heavy atom. The normalized spacial score (nSPS) is 12.2. The summed E-state index contributed by atoms with van der Waals surface area (Å²) in [5.41, 5.74) is 1.15. The summed E-state index contributed by atoms with van der Waals surface area (Å²) >= 11 is 5.89. The second-order valence-corrected chi connectivity index (χ2v) is 5.89. The Hall–Kier alpha value is -2.60. The van der Waals surface area contributed by atoms with Crippen molar-refractivity contribution < 1.29 is 4.79 Å². The van der Waals surface area contributed by atoms with Crippen molar-refractivity contribution in [2.45, 2.75) is 25.9 Å². The van der Waals surface area contributed by atoms with E-state index < -0.39 is 0 Å². The van der Waals surface area contributed by atoms with Crippen LogP contribution in [0.2, 0.25) is 5.02 Å². The number of carbonyl (C=O) groups is 1. The van der Waals surface area contributed by atoms with Gasteiger partial charge in [-0.15, -0.1) is 5.10 Å². The predicted molar refractivity (Wildman–Crippen MR) is 92.1 cm³/mol. The molecule has 0 saturated carbocycles. The van der Waals surface area contributed by atoms with Crippen LogP contribution in [0.1, 0.15) is 24.9 Å². The van der Waals surface area contributed by atoms with Crippen LogP contribution in [0.3, 0.4) is 0 Å². The number of hydrogen-bond donors (Lipinski definition) is 1. The number of aromatic nitrogens is 3. The van der Waals surface area contributed by atoms with E-state index in [1.165, 1.54) is 9.08 Å². The van der Waals surface area contributed by atoms with Crippen LogP contribution in [0, 0.1) is 0 Å². The monoisotopic (exact) mass is 344 g/mol. The highest BCUT2D eigenvalue weighted by Crippen LogP contribution is 2.19. The fraction of sp³-hybridized carbons (Fsp3) is 0.235. The van der Waals surface area contributed by atoms with Gasteiger partial charge in [-0.1, -0.05) is 36.7 Å². The van der Waals surface area contributed by atoms with Crippen LogP contribution in [-0.4, -0.2) is 20.1 Å². The van der Waals surface area contributed by atoms with E-state index in [0.29, 0.717) is 10.7 Å². The van der Waals surface area contributed by atoms with E-state index >= 15 is 0 Å². The van der Waals surface area contributed by atoms with Crippen LogP contribution in [0.4, 0.5) is 0 Å². The Kier molecular flexibility index (Phi) is 4.66. The average molecular weight is 345 g/mol. The molecule has 2 heterocycles. The van der Waals surface area contributed by atoms with Crippen molar-refractivity contribution in [2.24, 2.45) is 0 Å². The van der Waals surface area contributed by atoms with Crippen LogP contribution in [-0.2, 0) is 11.3 Å². The summed E-state index contributed by atoms with van der Waals surface area (Å²) in [4.78, 5) is 24.5. The van der Waals surface area contributed by atoms with Gasteiger partial charge in [-0.2, -0.15) is 0 Å². The molecule has 0 saturated heterocycles. The maximum Gasteiger partial charge on any atom is 0.350 e. The molecule has 1 atom stereocenters. The maximum atomic E-state index is 12.3. The minimum atomic E-state index is -0.333. The SMILES string of the molecule is CC[C@@H](NC(=O)Cn1nc2ccccn2c1=O)c1ccc(Cl)cc1. The lowest BCUT2D eigenvalue weighted by molar-refractivity contribution is -0.122. The molecule has 0 spiro atoms. The van der Waals surface area contributed by atoms with Gasteiger partial charge >= 0.3 is 5.69 Å². The van der Waals surface area contributed by atoms with Gasteiger partial charge in [0.1, 0.15) is 6.54 Å². The molecule has 0 radical (unpaired) electrons. The van der Waals surface area contributed by atoms with Gasteiger partial charge in [-0.25, -0.2) is 9.48 Å². The number of nitrogens with one attached hydrogen (secondary N) is 1. The molecule has 0 aliphatic carbocycles. The van der Waals surface area contributed by atoms with Gasteiger partial charge in [0, 0.05) is 11.2 Å². The first-order valence-corrected chi connectivity index (χ1v) is 8.05. The van der Waals surface area contributed by atoms with Crippen LogP contribution in [0.15, 0.2) is 53.5 Å². The Morgan fingerprint density at radius 2 is 2.00 bits per heavy atom. The highest BCUT2D eigenvalue weighted by molar-refractivity contribution is 6.30. The summed E-state index contributed by atoms with van der Waals surface area (Å²) in [5, 5.41) is 7.74. The summed E-state index contributed by atoms with van der Waals surface area (Å²) in [6, 6.07) is 12.5. The van der Waals surface area contributed by atoms with E-state index in [0.717, 1.165) is 12.0 Å². The number of hydrogen-bond acceptors (Lipinski definition) is 3. The minimum absolute atomic E-state index is 0.120. The number of pyridine rings is 1. The molecule has 1 amide bonds. The number of halogens is 1. The second-order valence-electron chi connectivity index (χ2n) is 5.45. The molecular formula is C17H17ClN4O2. The zero-order valence-corrected chi connectivity index (χ0v) is 13.9. The van der Waals surface area contributed by atoms with Crippen molar-refractivity contribution in [2.75, 3.05) is 0 Å². The summed E-state index contributed by atoms with van der Waals surface area (Å²) in [6.07, 6.45) is 2.36. The van der Waals surface area contributed by atoms with Gasteiger partial charge in [0.2, 0.25) is 5.91 Å². The zero-order valence-electron chi connectivity index (χ0n) is 13.1. The number of nitrogens with zero attached hydrogens (tertiary/aromatic N) is 3. The largest absolute Gasteiger partial charge is 0.350 e. The number of benzene rings is 1. The molecule has 0 aliphatic rings. The van der Waals surface area contributed by atoms with Crippen LogP contribution in [0.25, 0.3) is 5.65 Å². The Balaban J connectivity index is 1.75. The van der Waals surface area contributed by atoms with Crippen molar-refractivity contribution >= 4 is 23.2 Å². The van der Waals surface area contributed by atoms with Gasteiger partial charge in [0.15, 0.2) is 5.65 Å². The number of rotatable bonds is 5. The number of amides is 1. The van der Waals surface area contributed by atoms with Crippen molar-refractivity contribution in [1.29, 1.82) is 0 Å². The minimum Gasteiger partial charge on any atom is -0.348 e. The first-order valence-electron chi connectivity index (χ1n) is 7.67. The van der Waals surface area contributed by atoms with E-state index in [4.69, 9.17) is 11.6 Å². The van der Waals surface area contributed by atoms with E-state index in [2.05, 4.69) is 10.4 Å². The lowest BCUT2D eigenvalue weighted by atomic mass is 10.0. The fourth-order valence-electron chi connectivity index (χ4n) is 2.56. The third-order valence-corrected chi connectivity index (χ3v) is 4.05. The van der Waals surface area contributed by atoms with E-state index in [9.17, 15) is 9.59 Å². The zero-order chi connectivity index (χ0) is 17.1. The third-order valence-electron chi connectivity index (χ3n) is 3.80. The number of fused-ring (bicyclic) bond motifs is 1. The Morgan fingerprint density at radius 3 is 2.67 bits per heavy atom. The molecule has 3 aromatic rings. The van der Waals surface area contributed by atoms with Crippen molar-refractivity contribution in [3.63, 3.8) is 0 Å². The highest BCUT2D eigenvalue weighted by Gasteiger charge is 2.15. The molecule has 1 aromatic carbocycles. The third kappa shape index (κ3) is 3.33. The van der Waals surface area contributed by atoms with E-state index in [1.807, 2.05) is 19.1 Å². The second kappa shape index (κ2) is 6.88. The first-order chi connectivity index (χ1) is 11.6. The molecule has 0 bridgehead atoms. The lowest BCUT2D eigenvalue weighted by Crippen LogP contribution is -2.34.